The van der Waals surface area contributed by atoms with Crippen LogP contribution in [0.3, 0.4) is 0 Å². The zero-order chi connectivity index (χ0) is 20.5. The molecule has 0 aliphatic carbocycles. The molecule has 3 rings (SSSR count). The van der Waals surface area contributed by atoms with E-state index in [9.17, 15) is 13.2 Å². The number of hydrogen-bond acceptors (Lipinski definition) is 8. The van der Waals surface area contributed by atoms with Crippen molar-refractivity contribution in [1.29, 1.82) is 0 Å². The van der Waals surface area contributed by atoms with Crippen molar-refractivity contribution in [1.82, 2.24) is 19.7 Å². The number of nitrogens with one attached hydrogen (secondary N) is 2. The Kier molecular flexibility index (Phi) is 6.18. The number of morpholine rings is 1. The van der Waals surface area contributed by atoms with Crippen molar-refractivity contribution in [2.75, 3.05) is 31.2 Å². The van der Waals surface area contributed by atoms with E-state index in [0.717, 1.165) is 11.3 Å². The van der Waals surface area contributed by atoms with Crippen LogP contribution in [0.15, 0.2) is 15.1 Å². The number of aromatic nitrogens is 3. The van der Waals surface area contributed by atoms with Gasteiger partial charge in [0.25, 0.3) is 15.6 Å². The number of thiazole rings is 1. The fourth-order valence-electron chi connectivity index (χ4n) is 3.07. The number of ether oxygens (including phenoxy) is 1. The van der Waals surface area contributed by atoms with Gasteiger partial charge in [0.1, 0.15) is 0 Å². The smallest absolute Gasteiger partial charge is 0.252 e. The molecule has 1 aliphatic rings. The summed E-state index contributed by atoms with van der Waals surface area (Å²) in [6, 6.07) is 0.705. The van der Waals surface area contributed by atoms with E-state index < -0.39 is 16.1 Å². The van der Waals surface area contributed by atoms with Gasteiger partial charge in [-0.15, -0.1) is 11.3 Å². The maximum atomic E-state index is 12.9. The molecule has 28 heavy (non-hydrogen) atoms. The molecule has 11 heteroatoms. The van der Waals surface area contributed by atoms with Gasteiger partial charge in [-0.05, 0) is 19.8 Å². The molecule has 0 aromatic carbocycles. The second-order valence-electron chi connectivity index (χ2n) is 7.04. The minimum absolute atomic E-state index is 0.115. The second-order valence-corrected chi connectivity index (χ2v) is 10.2. The lowest BCUT2D eigenvalue weighted by Crippen LogP contribution is -2.39. The van der Waals surface area contributed by atoms with Crippen molar-refractivity contribution >= 4 is 27.3 Å². The lowest BCUT2D eigenvalue weighted by Gasteiger charge is -2.28. The van der Waals surface area contributed by atoms with Crippen LogP contribution in [0.5, 0.6) is 0 Å². The number of anilines is 1. The molecule has 0 saturated carbocycles. The average molecular weight is 428 g/mol. The molecule has 9 nitrogen and oxygen atoms in total. The van der Waals surface area contributed by atoms with Crippen molar-refractivity contribution in [3.05, 3.63) is 32.8 Å². The summed E-state index contributed by atoms with van der Waals surface area (Å²) in [5.41, 5.74) is 0.536. The number of H-pyrrole nitrogens is 1. The lowest BCUT2D eigenvalue weighted by atomic mass is 10.0. The first-order valence-corrected chi connectivity index (χ1v) is 11.4. The highest BCUT2D eigenvalue weighted by Crippen LogP contribution is 2.27. The van der Waals surface area contributed by atoms with E-state index in [-0.39, 0.29) is 15.7 Å². The van der Waals surface area contributed by atoms with Gasteiger partial charge >= 0.3 is 0 Å². The summed E-state index contributed by atoms with van der Waals surface area (Å²) in [5.74, 6) is 0.316. The van der Waals surface area contributed by atoms with E-state index in [0.29, 0.717) is 48.6 Å². The Morgan fingerprint density at radius 3 is 2.50 bits per heavy atom. The zero-order valence-corrected chi connectivity index (χ0v) is 18.0. The average Bonchev–Trinajstić information content (AvgIpc) is 2.99. The molecule has 2 aromatic heterocycles. The van der Waals surface area contributed by atoms with E-state index in [1.54, 1.807) is 13.8 Å². The first kappa shape index (κ1) is 20.9. The number of nitrogens with zero attached hydrogens (tertiary/aromatic N) is 3. The third-order valence-corrected chi connectivity index (χ3v) is 7.56. The topological polar surface area (TPSA) is 117 Å². The van der Waals surface area contributed by atoms with Crippen molar-refractivity contribution in [2.24, 2.45) is 5.92 Å². The van der Waals surface area contributed by atoms with Gasteiger partial charge in [-0.1, -0.05) is 13.8 Å². The van der Waals surface area contributed by atoms with E-state index in [4.69, 9.17) is 4.74 Å². The molecular weight excluding hydrogens is 402 g/mol. The predicted molar refractivity (Wildman–Crippen MR) is 107 cm³/mol. The van der Waals surface area contributed by atoms with Crippen LogP contribution in [0.25, 0.3) is 0 Å². The van der Waals surface area contributed by atoms with E-state index in [1.165, 1.54) is 6.07 Å². The maximum absolute atomic E-state index is 12.9. The molecule has 0 amide bonds. The highest BCUT2D eigenvalue weighted by Gasteiger charge is 2.29. The predicted octanol–water partition coefficient (Wildman–Crippen LogP) is 1.36. The van der Waals surface area contributed by atoms with Crippen LogP contribution in [-0.2, 0) is 14.8 Å². The van der Waals surface area contributed by atoms with Gasteiger partial charge < -0.3 is 9.64 Å². The Morgan fingerprint density at radius 2 is 1.93 bits per heavy atom. The highest BCUT2D eigenvalue weighted by atomic mass is 32.2. The Bertz CT molecular complexity index is 993. The van der Waals surface area contributed by atoms with Gasteiger partial charge in [-0.2, -0.15) is 0 Å². The van der Waals surface area contributed by atoms with Crippen molar-refractivity contribution in [3.63, 3.8) is 0 Å². The summed E-state index contributed by atoms with van der Waals surface area (Å²) < 4.78 is 34.1. The van der Waals surface area contributed by atoms with Gasteiger partial charge in [0, 0.05) is 19.2 Å². The van der Waals surface area contributed by atoms with E-state index in [1.807, 2.05) is 18.7 Å². The summed E-state index contributed by atoms with van der Waals surface area (Å²) in [7, 11) is -3.79. The molecule has 1 fully saturated rings. The summed E-state index contributed by atoms with van der Waals surface area (Å²) in [6.07, 6.45) is 0. The van der Waals surface area contributed by atoms with E-state index >= 15 is 0 Å². The molecule has 1 atom stereocenters. The summed E-state index contributed by atoms with van der Waals surface area (Å²) in [4.78, 5) is 25.7. The zero-order valence-electron chi connectivity index (χ0n) is 16.4. The number of rotatable bonds is 6. The molecule has 3 heterocycles. The van der Waals surface area contributed by atoms with Crippen molar-refractivity contribution < 1.29 is 13.2 Å². The molecule has 0 radical (unpaired) electrons. The fraction of sp³-hybridized carbons (Fsp3) is 0.588. The SMILES string of the molecule is Cc1nc(C)c(S(=O)(=O)NC(c2cc(=O)[nH]c(N3CCOCC3)n2)C(C)C)s1. The number of aryl methyl sites for hydroxylation is 2. The van der Waals surface area contributed by atoms with Crippen molar-refractivity contribution in [3.8, 4) is 0 Å². The summed E-state index contributed by atoms with van der Waals surface area (Å²) >= 11 is 1.13. The Labute approximate surface area is 168 Å². The largest absolute Gasteiger partial charge is 0.378 e. The quantitative estimate of drug-likeness (QED) is 0.715. The maximum Gasteiger partial charge on any atom is 0.252 e. The number of sulfonamides is 1. The molecular formula is C17H25N5O4S2. The van der Waals surface area contributed by atoms with Gasteiger partial charge in [0.2, 0.25) is 5.95 Å². The minimum atomic E-state index is -3.79. The van der Waals surface area contributed by atoms with Crippen LogP contribution in [0.4, 0.5) is 5.95 Å². The van der Waals surface area contributed by atoms with Crippen LogP contribution in [0.2, 0.25) is 0 Å². The first-order valence-electron chi connectivity index (χ1n) is 9.07. The Balaban J connectivity index is 1.95. The first-order chi connectivity index (χ1) is 13.2. The molecule has 1 saturated heterocycles. The Morgan fingerprint density at radius 1 is 1.25 bits per heavy atom. The molecule has 0 bridgehead atoms. The lowest BCUT2D eigenvalue weighted by molar-refractivity contribution is 0.122. The monoisotopic (exact) mass is 427 g/mol. The molecule has 2 aromatic rings. The van der Waals surface area contributed by atoms with Crippen LogP contribution < -0.4 is 15.2 Å². The van der Waals surface area contributed by atoms with Gasteiger partial charge in [-0.3, -0.25) is 9.78 Å². The Hall–Kier alpha value is -1.82. The third-order valence-electron chi connectivity index (χ3n) is 4.43. The third kappa shape index (κ3) is 4.59. The number of hydrogen-bond donors (Lipinski definition) is 2. The van der Waals surface area contributed by atoms with Gasteiger partial charge in [-0.25, -0.2) is 23.1 Å². The molecule has 1 aliphatic heterocycles. The van der Waals surface area contributed by atoms with Crippen LogP contribution >= 0.6 is 11.3 Å². The highest BCUT2D eigenvalue weighted by molar-refractivity contribution is 7.91. The molecule has 0 spiro atoms. The van der Waals surface area contributed by atoms with Crippen LogP contribution in [0, 0.1) is 19.8 Å². The normalized spacial score (nSPS) is 16.5. The molecule has 1 unspecified atom stereocenters. The standard InChI is InChI=1S/C17H25N5O4S2/c1-10(2)15(21-28(24,25)16-11(3)18-12(4)27-16)13-9-14(23)20-17(19-13)22-5-7-26-8-6-22/h9-10,15,21H,5-8H2,1-4H3,(H,19,20,23). The van der Waals surface area contributed by atoms with Gasteiger partial charge in [0.05, 0.1) is 35.7 Å². The molecule has 2 N–H and O–H groups in total. The summed E-state index contributed by atoms with van der Waals surface area (Å²) in [5, 5.41) is 0.683. The second kappa shape index (κ2) is 8.27. The van der Waals surface area contributed by atoms with Crippen molar-refractivity contribution in [2.45, 2.75) is 37.9 Å². The van der Waals surface area contributed by atoms with Crippen LogP contribution in [0.1, 0.15) is 36.3 Å². The van der Waals surface area contributed by atoms with E-state index in [2.05, 4.69) is 19.7 Å². The fourth-order valence-corrected chi connectivity index (χ4v) is 5.93. The molecule has 154 valence electrons. The van der Waals surface area contributed by atoms with Gasteiger partial charge in [0.15, 0.2) is 4.21 Å². The van der Waals surface area contributed by atoms with Crippen LogP contribution in [-0.4, -0.2) is 49.7 Å². The minimum Gasteiger partial charge on any atom is -0.378 e. The summed E-state index contributed by atoms with van der Waals surface area (Å²) in [6.45, 7) is 9.54. The number of aromatic amines is 1.